The number of nitrogens with zero attached hydrogens (tertiary/aromatic N) is 1. The van der Waals surface area contributed by atoms with E-state index in [0.29, 0.717) is 11.1 Å². The number of nitrogens with two attached hydrogens (primary N) is 1. The number of hydrogen-bond acceptors (Lipinski definition) is 6. The van der Waals surface area contributed by atoms with Crippen LogP contribution in [-0.4, -0.2) is 31.5 Å². The molecule has 8 nitrogen and oxygen atoms in total. The number of amides is 1. The topological polar surface area (TPSA) is 120 Å². The lowest BCUT2D eigenvalue weighted by Crippen LogP contribution is -2.22. The highest BCUT2D eigenvalue weighted by molar-refractivity contribution is 7.89. The first kappa shape index (κ1) is 21.8. The van der Waals surface area contributed by atoms with Gasteiger partial charge >= 0.3 is 5.97 Å². The third-order valence-electron chi connectivity index (χ3n) is 4.52. The predicted molar refractivity (Wildman–Crippen MR) is 115 cm³/mol. The quantitative estimate of drug-likeness (QED) is 0.563. The minimum atomic E-state index is -3.92. The van der Waals surface area contributed by atoms with E-state index in [1.54, 1.807) is 13.0 Å². The van der Waals surface area contributed by atoms with Gasteiger partial charge in [-0.25, -0.2) is 18.4 Å². The van der Waals surface area contributed by atoms with Crippen LogP contribution in [0.4, 0.5) is 5.69 Å². The van der Waals surface area contributed by atoms with Crippen molar-refractivity contribution in [3.05, 3.63) is 64.3 Å². The zero-order chi connectivity index (χ0) is 22.1. The molecule has 2 aromatic heterocycles. The van der Waals surface area contributed by atoms with Crippen LogP contribution in [-0.2, 0) is 19.6 Å². The van der Waals surface area contributed by atoms with Crippen molar-refractivity contribution >= 4 is 38.9 Å². The van der Waals surface area contributed by atoms with Gasteiger partial charge in [0.15, 0.2) is 6.61 Å². The molecule has 0 aliphatic heterocycles. The van der Waals surface area contributed by atoms with Gasteiger partial charge in [-0.15, -0.1) is 11.3 Å². The van der Waals surface area contributed by atoms with Crippen molar-refractivity contribution in [3.63, 3.8) is 0 Å². The Balaban J connectivity index is 1.71. The summed E-state index contributed by atoms with van der Waals surface area (Å²) in [4.78, 5) is 25.8. The average molecular weight is 448 g/mol. The number of ether oxygens (including phenoxy) is 1. The van der Waals surface area contributed by atoms with E-state index in [0.717, 1.165) is 15.4 Å². The summed E-state index contributed by atoms with van der Waals surface area (Å²) in [6.45, 7) is 4.82. The van der Waals surface area contributed by atoms with Crippen molar-refractivity contribution in [2.24, 2.45) is 5.14 Å². The number of nitrogens with one attached hydrogen (secondary N) is 1. The highest BCUT2D eigenvalue weighted by Crippen LogP contribution is 2.31. The van der Waals surface area contributed by atoms with Gasteiger partial charge in [-0.1, -0.05) is 6.07 Å². The van der Waals surface area contributed by atoms with E-state index in [2.05, 4.69) is 5.32 Å². The minimum absolute atomic E-state index is 0.0852. The number of thiophene rings is 1. The van der Waals surface area contributed by atoms with Gasteiger partial charge in [0.1, 0.15) is 5.00 Å². The fourth-order valence-corrected chi connectivity index (χ4v) is 4.80. The predicted octanol–water partition coefficient (Wildman–Crippen LogP) is 2.91. The molecule has 0 spiro atoms. The number of anilines is 1. The maximum atomic E-state index is 12.7. The van der Waals surface area contributed by atoms with Crippen LogP contribution in [0.3, 0.4) is 0 Å². The monoisotopic (exact) mass is 447 g/mol. The van der Waals surface area contributed by atoms with Gasteiger partial charge in [0.05, 0.1) is 10.5 Å². The van der Waals surface area contributed by atoms with Gasteiger partial charge in [0.25, 0.3) is 5.91 Å². The molecule has 2 heterocycles. The van der Waals surface area contributed by atoms with E-state index in [1.165, 1.54) is 23.5 Å². The summed E-state index contributed by atoms with van der Waals surface area (Å²) in [5, 5.41) is 8.41. The standard InChI is InChI=1S/C20H21N3O5S2/c1-12-6-7-15(10-16(12)30(21,26)27)22-17(24)11-28-20(25)18-13(2)14(3)29-19(18)23-8-4-5-9-23/h4-10H,11H2,1-3H3,(H,22,24)(H2,21,26,27). The second kappa shape index (κ2) is 8.42. The molecule has 0 atom stereocenters. The van der Waals surface area contributed by atoms with Gasteiger partial charge in [-0.3, -0.25) is 4.79 Å². The van der Waals surface area contributed by atoms with Gasteiger partial charge in [0, 0.05) is 23.0 Å². The summed E-state index contributed by atoms with van der Waals surface area (Å²) in [6, 6.07) is 8.04. The molecule has 10 heteroatoms. The number of sulfonamides is 1. The molecular formula is C20H21N3O5S2. The molecule has 0 aliphatic rings. The van der Waals surface area contributed by atoms with Crippen LogP contribution in [0.1, 0.15) is 26.4 Å². The SMILES string of the molecule is Cc1ccc(NC(=O)COC(=O)c2c(-n3cccc3)sc(C)c2C)cc1S(N)(=O)=O. The van der Waals surface area contributed by atoms with E-state index < -0.39 is 28.5 Å². The van der Waals surface area contributed by atoms with Gasteiger partial charge < -0.3 is 14.6 Å². The van der Waals surface area contributed by atoms with E-state index in [9.17, 15) is 18.0 Å². The fraction of sp³-hybridized carbons (Fsp3) is 0.200. The molecule has 158 valence electrons. The maximum absolute atomic E-state index is 12.7. The summed E-state index contributed by atoms with van der Waals surface area (Å²) in [5.41, 5.74) is 1.91. The molecule has 0 fully saturated rings. The number of esters is 1. The Morgan fingerprint density at radius 3 is 2.47 bits per heavy atom. The van der Waals surface area contributed by atoms with Crippen LogP contribution < -0.4 is 10.5 Å². The van der Waals surface area contributed by atoms with Crippen LogP contribution in [0.25, 0.3) is 5.00 Å². The third kappa shape index (κ3) is 4.61. The van der Waals surface area contributed by atoms with Crippen LogP contribution in [0.5, 0.6) is 0 Å². The summed E-state index contributed by atoms with van der Waals surface area (Å²) >= 11 is 1.46. The molecule has 0 saturated heterocycles. The third-order valence-corrected chi connectivity index (χ3v) is 6.80. The number of primary sulfonamides is 1. The first-order chi connectivity index (χ1) is 14.1. The van der Waals surface area contributed by atoms with Crippen molar-refractivity contribution in [3.8, 4) is 5.00 Å². The lowest BCUT2D eigenvalue weighted by Gasteiger charge is -2.10. The smallest absolute Gasteiger partial charge is 0.341 e. The number of rotatable bonds is 6. The molecule has 3 rings (SSSR count). The van der Waals surface area contributed by atoms with E-state index in [1.807, 2.05) is 42.9 Å². The van der Waals surface area contributed by atoms with Crippen molar-refractivity contribution in [1.29, 1.82) is 0 Å². The molecule has 0 saturated carbocycles. The molecule has 0 radical (unpaired) electrons. The first-order valence-corrected chi connectivity index (χ1v) is 11.3. The largest absolute Gasteiger partial charge is 0.452 e. The summed E-state index contributed by atoms with van der Waals surface area (Å²) in [5.74, 6) is -1.20. The summed E-state index contributed by atoms with van der Waals surface area (Å²) < 4.78 is 30.3. The number of carbonyl (C=O) groups is 2. The Morgan fingerprint density at radius 2 is 1.83 bits per heavy atom. The zero-order valence-electron chi connectivity index (χ0n) is 16.6. The molecule has 3 N–H and O–H groups in total. The van der Waals surface area contributed by atoms with Crippen LogP contribution in [0, 0.1) is 20.8 Å². The van der Waals surface area contributed by atoms with Crippen molar-refractivity contribution < 1.29 is 22.7 Å². The zero-order valence-corrected chi connectivity index (χ0v) is 18.3. The normalized spacial score (nSPS) is 11.3. The molecule has 0 aliphatic carbocycles. The lowest BCUT2D eigenvalue weighted by atomic mass is 10.1. The molecule has 1 amide bonds. The highest BCUT2D eigenvalue weighted by Gasteiger charge is 2.22. The molecule has 1 aromatic carbocycles. The molecular weight excluding hydrogens is 426 g/mol. The highest BCUT2D eigenvalue weighted by atomic mass is 32.2. The van der Waals surface area contributed by atoms with Crippen LogP contribution in [0.2, 0.25) is 0 Å². The Labute approximate surface area is 178 Å². The lowest BCUT2D eigenvalue weighted by molar-refractivity contribution is -0.119. The number of carbonyl (C=O) groups excluding carboxylic acids is 2. The Hall–Kier alpha value is -2.95. The van der Waals surface area contributed by atoms with Crippen molar-refractivity contribution in [1.82, 2.24) is 4.57 Å². The van der Waals surface area contributed by atoms with Crippen LogP contribution >= 0.6 is 11.3 Å². The second-order valence-electron chi connectivity index (χ2n) is 6.70. The average Bonchev–Trinajstić information content (AvgIpc) is 3.29. The molecule has 0 bridgehead atoms. The van der Waals surface area contributed by atoms with E-state index in [4.69, 9.17) is 9.88 Å². The molecule has 0 unspecified atom stereocenters. The van der Waals surface area contributed by atoms with Crippen LogP contribution in [0.15, 0.2) is 47.6 Å². The van der Waals surface area contributed by atoms with Gasteiger partial charge in [0.2, 0.25) is 10.0 Å². The van der Waals surface area contributed by atoms with Crippen molar-refractivity contribution in [2.45, 2.75) is 25.7 Å². The van der Waals surface area contributed by atoms with Gasteiger partial charge in [-0.2, -0.15) is 0 Å². The minimum Gasteiger partial charge on any atom is -0.452 e. The summed E-state index contributed by atoms with van der Waals surface area (Å²) in [6.07, 6.45) is 3.66. The Bertz CT molecular complexity index is 1210. The second-order valence-corrected chi connectivity index (χ2v) is 9.44. The number of aromatic nitrogens is 1. The number of hydrogen-bond donors (Lipinski definition) is 2. The Morgan fingerprint density at radius 1 is 1.17 bits per heavy atom. The van der Waals surface area contributed by atoms with Crippen molar-refractivity contribution in [2.75, 3.05) is 11.9 Å². The van der Waals surface area contributed by atoms with E-state index in [-0.39, 0.29) is 10.6 Å². The Kier molecular flexibility index (Phi) is 6.11. The maximum Gasteiger partial charge on any atom is 0.341 e. The van der Waals surface area contributed by atoms with Gasteiger partial charge in [-0.05, 0) is 56.2 Å². The summed E-state index contributed by atoms with van der Waals surface area (Å²) in [7, 11) is -3.92. The fourth-order valence-electron chi connectivity index (χ4n) is 2.89. The number of benzene rings is 1. The molecule has 30 heavy (non-hydrogen) atoms. The number of aryl methyl sites for hydroxylation is 2. The van der Waals surface area contributed by atoms with E-state index >= 15 is 0 Å². The first-order valence-electron chi connectivity index (χ1n) is 8.91. The molecule has 3 aromatic rings.